The number of rotatable bonds is 4. The van der Waals surface area contributed by atoms with E-state index in [1.54, 1.807) is 6.07 Å². The van der Waals surface area contributed by atoms with Gasteiger partial charge in [0.1, 0.15) is 15.6 Å². The van der Waals surface area contributed by atoms with Crippen molar-refractivity contribution in [2.75, 3.05) is 13.1 Å². The predicted molar refractivity (Wildman–Crippen MR) is 83.4 cm³/mol. The van der Waals surface area contributed by atoms with Crippen molar-refractivity contribution in [2.24, 2.45) is 5.73 Å². The van der Waals surface area contributed by atoms with Crippen LogP contribution in [0.5, 0.6) is 0 Å². The molecule has 114 valence electrons. The summed E-state index contributed by atoms with van der Waals surface area (Å²) in [6.07, 6.45) is 4.50. The number of sulfonamides is 1. The zero-order valence-electron chi connectivity index (χ0n) is 11.5. The molecule has 0 radical (unpaired) electrons. The molecule has 6 nitrogen and oxygen atoms in total. The van der Waals surface area contributed by atoms with Crippen LogP contribution in [0.2, 0.25) is 0 Å². The Kier molecular flexibility index (Phi) is 3.96. The fourth-order valence-corrected chi connectivity index (χ4v) is 4.98. The molecule has 0 aliphatic carbocycles. The summed E-state index contributed by atoms with van der Waals surface area (Å²) in [7, 11) is -3.66. The van der Waals surface area contributed by atoms with Crippen molar-refractivity contribution >= 4 is 27.2 Å². The fourth-order valence-electron chi connectivity index (χ4n) is 3.28. The molecule has 2 fully saturated rings. The quantitative estimate of drug-likeness (QED) is 0.770. The molecular formula is C13H18N4O2S2. The van der Waals surface area contributed by atoms with Gasteiger partial charge in [-0.05, 0) is 37.9 Å². The average molecular weight is 326 g/mol. The molecule has 21 heavy (non-hydrogen) atoms. The molecule has 2 atom stereocenters. The number of hydrogen-bond acceptors (Lipinski definition) is 5. The lowest BCUT2D eigenvalue weighted by Gasteiger charge is -2.21. The highest BCUT2D eigenvalue weighted by Crippen LogP contribution is 2.29. The van der Waals surface area contributed by atoms with E-state index in [9.17, 15) is 8.42 Å². The summed E-state index contributed by atoms with van der Waals surface area (Å²) in [6, 6.07) is 3.33. The molecule has 2 saturated heterocycles. The molecule has 0 saturated carbocycles. The van der Waals surface area contributed by atoms with Gasteiger partial charge in [-0.1, -0.05) is 12.2 Å². The Labute approximate surface area is 129 Å². The van der Waals surface area contributed by atoms with Gasteiger partial charge in [0.05, 0.1) is 0 Å². The minimum absolute atomic E-state index is 0.00936. The second-order valence-electron chi connectivity index (χ2n) is 5.48. The van der Waals surface area contributed by atoms with Crippen molar-refractivity contribution < 1.29 is 8.42 Å². The van der Waals surface area contributed by atoms with Crippen LogP contribution in [0.25, 0.3) is 0 Å². The second kappa shape index (κ2) is 5.60. The monoisotopic (exact) mass is 326 g/mol. The van der Waals surface area contributed by atoms with Gasteiger partial charge in [0.25, 0.3) is 0 Å². The first kappa shape index (κ1) is 14.8. The largest absolute Gasteiger partial charge is 0.388 e. The summed E-state index contributed by atoms with van der Waals surface area (Å²) in [5.74, 6) is 0. The van der Waals surface area contributed by atoms with Crippen LogP contribution in [-0.2, 0) is 10.0 Å². The van der Waals surface area contributed by atoms with Gasteiger partial charge in [-0.15, -0.1) is 0 Å². The number of hydrogen-bond donors (Lipinski definition) is 2. The standard InChI is InChI=1S/C13H18N4O2S2/c14-13(20)12-11(4-1-6-15-12)21(18,19)16-9-5-8-17-7-2-3-10(9)17/h1,4,6,9-10,16H,2-3,5,7-8H2,(H2,14,20). The van der Waals surface area contributed by atoms with Crippen LogP contribution in [-0.4, -0.2) is 48.5 Å². The van der Waals surface area contributed by atoms with Crippen LogP contribution in [0, 0.1) is 0 Å². The first-order valence-corrected chi connectivity index (χ1v) is 8.89. The van der Waals surface area contributed by atoms with Crippen LogP contribution < -0.4 is 10.5 Å². The molecule has 0 aromatic carbocycles. The number of aromatic nitrogens is 1. The van der Waals surface area contributed by atoms with Crippen LogP contribution in [0.1, 0.15) is 25.0 Å². The van der Waals surface area contributed by atoms with Crippen LogP contribution in [0.4, 0.5) is 0 Å². The number of fused-ring (bicyclic) bond motifs is 1. The van der Waals surface area contributed by atoms with Crippen molar-refractivity contribution in [2.45, 2.75) is 36.2 Å². The number of nitrogens with two attached hydrogens (primary N) is 1. The Morgan fingerprint density at radius 2 is 2.24 bits per heavy atom. The van der Waals surface area contributed by atoms with Crippen molar-refractivity contribution in [1.29, 1.82) is 0 Å². The van der Waals surface area contributed by atoms with Crippen LogP contribution in [0.15, 0.2) is 23.2 Å². The third-order valence-corrected chi connectivity index (χ3v) is 5.92. The summed E-state index contributed by atoms with van der Waals surface area (Å²) in [6.45, 7) is 2.01. The highest BCUT2D eigenvalue weighted by Gasteiger charge is 2.39. The molecule has 3 rings (SSSR count). The summed E-state index contributed by atoms with van der Waals surface area (Å²) in [5, 5.41) is 0. The Bertz CT molecular complexity index is 662. The SMILES string of the molecule is NC(=S)c1ncccc1S(=O)(=O)NC1CCN2CCCC12. The number of nitrogens with zero attached hydrogens (tertiary/aromatic N) is 2. The molecule has 2 aliphatic heterocycles. The smallest absolute Gasteiger partial charge is 0.243 e. The third kappa shape index (κ3) is 2.80. The fraction of sp³-hybridized carbons (Fsp3) is 0.538. The summed E-state index contributed by atoms with van der Waals surface area (Å²) in [4.78, 5) is 6.40. The molecule has 0 bridgehead atoms. The lowest BCUT2D eigenvalue weighted by Crippen LogP contribution is -2.42. The van der Waals surface area contributed by atoms with Gasteiger partial charge in [-0.3, -0.25) is 9.88 Å². The first-order valence-electron chi connectivity index (χ1n) is 7.00. The van der Waals surface area contributed by atoms with Crippen molar-refractivity contribution in [3.63, 3.8) is 0 Å². The minimum atomic E-state index is -3.66. The second-order valence-corrected chi connectivity index (χ2v) is 7.60. The Morgan fingerprint density at radius 1 is 1.43 bits per heavy atom. The highest BCUT2D eigenvalue weighted by atomic mass is 32.2. The molecule has 0 spiro atoms. The van der Waals surface area contributed by atoms with E-state index in [-0.39, 0.29) is 21.6 Å². The predicted octanol–water partition coefficient (Wildman–Crippen LogP) is 0.231. The topological polar surface area (TPSA) is 88.3 Å². The lowest BCUT2D eigenvalue weighted by molar-refractivity contribution is 0.309. The highest BCUT2D eigenvalue weighted by molar-refractivity contribution is 7.89. The molecule has 2 aliphatic rings. The van der Waals surface area contributed by atoms with E-state index in [4.69, 9.17) is 18.0 Å². The number of nitrogens with one attached hydrogen (secondary N) is 1. The Balaban J connectivity index is 1.86. The maximum Gasteiger partial charge on any atom is 0.243 e. The van der Waals surface area contributed by atoms with E-state index in [0.29, 0.717) is 6.04 Å². The molecule has 1 aromatic heterocycles. The molecule has 0 amide bonds. The van der Waals surface area contributed by atoms with E-state index < -0.39 is 10.0 Å². The first-order chi connectivity index (χ1) is 9.99. The Hall–Kier alpha value is -1.09. The third-order valence-electron chi connectivity index (χ3n) is 4.21. The van der Waals surface area contributed by atoms with Gasteiger partial charge in [0.15, 0.2) is 0 Å². The van der Waals surface area contributed by atoms with Gasteiger partial charge in [0, 0.05) is 24.8 Å². The zero-order valence-corrected chi connectivity index (χ0v) is 13.2. The lowest BCUT2D eigenvalue weighted by atomic mass is 10.1. The van der Waals surface area contributed by atoms with Crippen molar-refractivity contribution in [3.05, 3.63) is 24.0 Å². The van der Waals surface area contributed by atoms with E-state index in [2.05, 4.69) is 14.6 Å². The van der Waals surface area contributed by atoms with Gasteiger partial charge in [-0.25, -0.2) is 13.1 Å². The molecule has 1 aromatic rings. The van der Waals surface area contributed by atoms with Gasteiger partial charge < -0.3 is 5.73 Å². The molecule has 8 heteroatoms. The summed E-state index contributed by atoms with van der Waals surface area (Å²) >= 11 is 4.89. The van der Waals surface area contributed by atoms with E-state index in [0.717, 1.165) is 32.4 Å². The van der Waals surface area contributed by atoms with Crippen LogP contribution >= 0.6 is 12.2 Å². The van der Waals surface area contributed by atoms with Crippen LogP contribution in [0.3, 0.4) is 0 Å². The maximum atomic E-state index is 12.6. The molecule has 3 heterocycles. The Morgan fingerprint density at radius 3 is 3.00 bits per heavy atom. The molecule has 2 unspecified atom stereocenters. The van der Waals surface area contributed by atoms with E-state index >= 15 is 0 Å². The van der Waals surface area contributed by atoms with E-state index in [1.807, 2.05) is 0 Å². The van der Waals surface area contributed by atoms with Gasteiger partial charge >= 0.3 is 0 Å². The molecular weight excluding hydrogens is 308 g/mol. The maximum absolute atomic E-state index is 12.6. The summed E-state index contributed by atoms with van der Waals surface area (Å²) < 4.78 is 28.0. The van der Waals surface area contributed by atoms with E-state index in [1.165, 1.54) is 12.3 Å². The van der Waals surface area contributed by atoms with Crippen molar-refractivity contribution in [3.8, 4) is 0 Å². The normalized spacial score (nSPS) is 25.9. The van der Waals surface area contributed by atoms with Gasteiger partial charge in [-0.2, -0.15) is 0 Å². The zero-order chi connectivity index (χ0) is 15.0. The number of pyridine rings is 1. The van der Waals surface area contributed by atoms with Gasteiger partial charge in [0.2, 0.25) is 10.0 Å². The van der Waals surface area contributed by atoms with Crippen molar-refractivity contribution in [1.82, 2.24) is 14.6 Å². The number of thiocarbonyl (C=S) groups is 1. The average Bonchev–Trinajstić information content (AvgIpc) is 3.04. The molecule has 3 N–H and O–H groups in total. The summed E-state index contributed by atoms with van der Waals surface area (Å²) in [5.41, 5.74) is 5.73. The minimum Gasteiger partial charge on any atom is -0.388 e.